The lowest BCUT2D eigenvalue weighted by molar-refractivity contribution is -0.144. The molecule has 1 heterocycles. The summed E-state index contributed by atoms with van der Waals surface area (Å²) in [4.78, 5) is 24.6. The van der Waals surface area contributed by atoms with Gasteiger partial charge in [0.2, 0.25) is 0 Å². The van der Waals surface area contributed by atoms with Crippen LogP contribution in [0.2, 0.25) is 0 Å². The SMILES string of the molecule is C[C@H]1CCN(C(=O)OCc2ccccc2)[C@H](C(=O)O)C1. The van der Waals surface area contributed by atoms with Gasteiger partial charge in [0.05, 0.1) is 0 Å². The van der Waals surface area contributed by atoms with Gasteiger partial charge in [0, 0.05) is 6.54 Å². The number of hydrogen-bond donors (Lipinski definition) is 1. The third kappa shape index (κ3) is 3.50. The fraction of sp³-hybridized carbons (Fsp3) is 0.467. The molecule has 2 rings (SSSR count). The quantitative estimate of drug-likeness (QED) is 0.921. The topological polar surface area (TPSA) is 66.8 Å². The van der Waals surface area contributed by atoms with Gasteiger partial charge in [-0.3, -0.25) is 4.90 Å². The number of rotatable bonds is 3. The van der Waals surface area contributed by atoms with Crippen LogP contribution in [-0.4, -0.2) is 34.7 Å². The normalized spacial score (nSPS) is 22.4. The Hall–Kier alpha value is -2.04. The summed E-state index contributed by atoms with van der Waals surface area (Å²) in [5, 5.41) is 9.21. The van der Waals surface area contributed by atoms with Gasteiger partial charge in [-0.1, -0.05) is 37.3 Å². The highest BCUT2D eigenvalue weighted by Gasteiger charge is 2.35. The van der Waals surface area contributed by atoms with Crippen molar-refractivity contribution < 1.29 is 19.4 Å². The van der Waals surface area contributed by atoms with Gasteiger partial charge in [-0.25, -0.2) is 9.59 Å². The van der Waals surface area contributed by atoms with Gasteiger partial charge in [-0.2, -0.15) is 0 Å². The van der Waals surface area contributed by atoms with Gasteiger partial charge in [-0.05, 0) is 24.3 Å². The minimum Gasteiger partial charge on any atom is -0.480 e. The molecule has 1 amide bonds. The number of amides is 1. The van der Waals surface area contributed by atoms with Crippen LogP contribution in [0.4, 0.5) is 4.79 Å². The van der Waals surface area contributed by atoms with E-state index >= 15 is 0 Å². The standard InChI is InChI=1S/C15H19NO4/c1-11-7-8-16(13(9-11)14(17)18)15(19)20-10-12-5-3-2-4-6-12/h2-6,11,13H,7-10H2,1H3,(H,17,18)/t11-,13-/m0/s1. The molecule has 20 heavy (non-hydrogen) atoms. The lowest BCUT2D eigenvalue weighted by atomic mass is 9.93. The van der Waals surface area contributed by atoms with Crippen LogP contribution in [0.3, 0.4) is 0 Å². The van der Waals surface area contributed by atoms with Crippen molar-refractivity contribution in [1.82, 2.24) is 4.90 Å². The van der Waals surface area contributed by atoms with Crippen LogP contribution < -0.4 is 0 Å². The Morgan fingerprint density at radius 1 is 1.35 bits per heavy atom. The fourth-order valence-corrected chi connectivity index (χ4v) is 2.40. The molecule has 1 aromatic rings. The molecule has 1 aliphatic rings. The summed E-state index contributed by atoms with van der Waals surface area (Å²) in [5.74, 6) is -0.650. The number of piperidine rings is 1. The maximum absolute atomic E-state index is 12.0. The number of hydrogen-bond acceptors (Lipinski definition) is 3. The highest BCUT2D eigenvalue weighted by molar-refractivity contribution is 5.80. The molecule has 1 aromatic carbocycles. The number of ether oxygens (including phenoxy) is 1. The van der Waals surface area contributed by atoms with Gasteiger partial charge in [0.1, 0.15) is 12.6 Å². The smallest absolute Gasteiger partial charge is 0.410 e. The number of carbonyl (C=O) groups excluding carboxylic acids is 1. The Morgan fingerprint density at radius 2 is 2.05 bits per heavy atom. The fourth-order valence-electron chi connectivity index (χ4n) is 2.40. The van der Waals surface area contributed by atoms with Gasteiger partial charge >= 0.3 is 12.1 Å². The molecule has 1 saturated heterocycles. The zero-order chi connectivity index (χ0) is 14.5. The molecule has 0 radical (unpaired) electrons. The van der Waals surface area contributed by atoms with Crippen LogP contribution in [0.1, 0.15) is 25.3 Å². The van der Waals surface area contributed by atoms with Crippen molar-refractivity contribution in [3.63, 3.8) is 0 Å². The number of benzene rings is 1. The van der Waals surface area contributed by atoms with E-state index in [1.807, 2.05) is 37.3 Å². The Balaban J connectivity index is 1.95. The monoisotopic (exact) mass is 277 g/mol. The van der Waals surface area contributed by atoms with E-state index in [1.165, 1.54) is 4.90 Å². The number of carboxylic acid groups (broad SMARTS) is 1. The molecule has 1 N–H and O–H groups in total. The molecule has 1 aliphatic heterocycles. The molecule has 5 nitrogen and oxygen atoms in total. The summed E-state index contributed by atoms with van der Waals surface area (Å²) in [5.41, 5.74) is 0.887. The Kier molecular flexibility index (Phi) is 4.61. The largest absolute Gasteiger partial charge is 0.480 e. The van der Waals surface area contributed by atoms with Gasteiger partial charge in [0.25, 0.3) is 0 Å². The van der Waals surface area contributed by atoms with Crippen molar-refractivity contribution >= 4 is 12.1 Å². The molecule has 0 saturated carbocycles. The third-order valence-corrected chi connectivity index (χ3v) is 3.59. The highest BCUT2D eigenvalue weighted by Crippen LogP contribution is 2.23. The lowest BCUT2D eigenvalue weighted by Gasteiger charge is -2.35. The molecule has 0 aromatic heterocycles. The summed E-state index contributed by atoms with van der Waals surface area (Å²) in [6.07, 6.45) is 0.744. The van der Waals surface area contributed by atoms with E-state index in [2.05, 4.69) is 0 Å². The highest BCUT2D eigenvalue weighted by atomic mass is 16.6. The number of likely N-dealkylation sites (tertiary alicyclic amines) is 1. The third-order valence-electron chi connectivity index (χ3n) is 3.59. The van der Waals surface area contributed by atoms with Crippen LogP contribution in [0.25, 0.3) is 0 Å². The van der Waals surface area contributed by atoms with E-state index < -0.39 is 18.1 Å². The van der Waals surface area contributed by atoms with Crippen LogP contribution in [0.5, 0.6) is 0 Å². The molecule has 5 heteroatoms. The average molecular weight is 277 g/mol. The summed E-state index contributed by atoms with van der Waals surface area (Å²) in [6, 6.07) is 8.57. The van der Waals surface area contributed by atoms with Crippen LogP contribution in [-0.2, 0) is 16.1 Å². The van der Waals surface area contributed by atoms with Crippen molar-refractivity contribution in [3.8, 4) is 0 Å². The van der Waals surface area contributed by atoms with Gasteiger partial charge < -0.3 is 9.84 Å². The van der Waals surface area contributed by atoms with E-state index in [0.29, 0.717) is 18.9 Å². The minimum absolute atomic E-state index is 0.165. The van der Waals surface area contributed by atoms with Crippen molar-refractivity contribution in [2.45, 2.75) is 32.4 Å². The molecule has 0 aliphatic carbocycles. The molecular weight excluding hydrogens is 258 g/mol. The maximum atomic E-state index is 12.0. The van der Waals surface area contributed by atoms with E-state index in [0.717, 1.165) is 12.0 Å². The van der Waals surface area contributed by atoms with Crippen LogP contribution >= 0.6 is 0 Å². The molecule has 1 fully saturated rings. The molecular formula is C15H19NO4. The summed E-state index contributed by atoms with van der Waals surface area (Å²) < 4.78 is 5.21. The van der Waals surface area contributed by atoms with E-state index in [1.54, 1.807) is 0 Å². The maximum Gasteiger partial charge on any atom is 0.410 e. The molecule has 0 bridgehead atoms. The van der Waals surface area contributed by atoms with Gasteiger partial charge in [-0.15, -0.1) is 0 Å². The Bertz CT molecular complexity index is 474. The predicted octanol–water partition coefficient (Wildman–Crippen LogP) is 2.51. The first-order valence-electron chi connectivity index (χ1n) is 6.78. The van der Waals surface area contributed by atoms with E-state index in [-0.39, 0.29) is 6.61 Å². The second-order valence-electron chi connectivity index (χ2n) is 5.22. The minimum atomic E-state index is -0.965. The van der Waals surface area contributed by atoms with E-state index in [4.69, 9.17) is 4.74 Å². The summed E-state index contributed by atoms with van der Waals surface area (Å²) in [7, 11) is 0. The second kappa shape index (κ2) is 6.41. The van der Waals surface area contributed by atoms with Gasteiger partial charge in [0.15, 0.2) is 0 Å². The molecule has 108 valence electrons. The van der Waals surface area contributed by atoms with Crippen molar-refractivity contribution in [3.05, 3.63) is 35.9 Å². The number of aliphatic carboxylic acids is 1. The first kappa shape index (κ1) is 14.4. The average Bonchev–Trinajstić information content (AvgIpc) is 2.45. The summed E-state index contributed by atoms with van der Waals surface area (Å²) >= 11 is 0. The zero-order valence-corrected chi connectivity index (χ0v) is 11.5. The van der Waals surface area contributed by atoms with Crippen LogP contribution in [0, 0.1) is 5.92 Å². The zero-order valence-electron chi connectivity index (χ0n) is 11.5. The summed E-state index contributed by atoms with van der Waals surface area (Å²) in [6.45, 7) is 2.60. The first-order chi connectivity index (χ1) is 9.58. The number of carbonyl (C=O) groups is 2. The van der Waals surface area contributed by atoms with Crippen LogP contribution in [0.15, 0.2) is 30.3 Å². The first-order valence-corrected chi connectivity index (χ1v) is 6.78. The van der Waals surface area contributed by atoms with Crippen molar-refractivity contribution in [2.24, 2.45) is 5.92 Å². The molecule has 2 atom stereocenters. The second-order valence-corrected chi connectivity index (χ2v) is 5.22. The number of nitrogens with zero attached hydrogens (tertiary/aromatic N) is 1. The number of carboxylic acids is 1. The lowest BCUT2D eigenvalue weighted by Crippen LogP contribution is -2.49. The Morgan fingerprint density at radius 3 is 2.70 bits per heavy atom. The predicted molar refractivity (Wildman–Crippen MR) is 73.2 cm³/mol. The molecule has 0 spiro atoms. The Labute approximate surface area is 118 Å². The van der Waals surface area contributed by atoms with Crippen molar-refractivity contribution in [2.75, 3.05) is 6.54 Å². The van der Waals surface area contributed by atoms with Crippen molar-refractivity contribution in [1.29, 1.82) is 0 Å². The van der Waals surface area contributed by atoms with E-state index in [9.17, 15) is 14.7 Å². The molecule has 0 unspecified atom stereocenters.